The molecule has 108 valence electrons. The van der Waals surface area contributed by atoms with Crippen LogP contribution < -0.4 is 0 Å². The number of carbonyl (C=O) groups is 1. The van der Waals surface area contributed by atoms with Gasteiger partial charge in [-0.05, 0) is 42.1 Å². The Morgan fingerprint density at radius 2 is 2.00 bits per heavy atom. The molecule has 1 aromatic rings. The Balaban J connectivity index is 3.19. The number of rotatable bonds is 8. The first-order valence-electron chi connectivity index (χ1n) is 6.96. The van der Waals surface area contributed by atoms with E-state index in [-0.39, 0.29) is 5.78 Å². The van der Waals surface area contributed by atoms with Crippen molar-refractivity contribution in [2.75, 3.05) is 6.61 Å². The molecule has 0 bridgehead atoms. The van der Waals surface area contributed by atoms with Crippen molar-refractivity contribution >= 4 is 21.7 Å². The van der Waals surface area contributed by atoms with E-state index in [4.69, 9.17) is 4.74 Å². The van der Waals surface area contributed by atoms with Crippen LogP contribution in [0.4, 0.5) is 0 Å². The summed E-state index contributed by atoms with van der Waals surface area (Å²) in [6, 6.07) is 0. The average Bonchev–Trinajstić information content (AvgIpc) is 2.77. The first-order chi connectivity index (χ1) is 9.06. The maximum absolute atomic E-state index is 12.9. The molecule has 0 N–H and O–H groups in total. The van der Waals surface area contributed by atoms with Crippen LogP contribution in [0.25, 0.3) is 0 Å². The zero-order valence-corrected chi connectivity index (χ0v) is 13.8. The highest BCUT2D eigenvalue weighted by atomic mass is 79.9. The molecule has 1 heterocycles. The van der Waals surface area contributed by atoms with Gasteiger partial charge in [-0.25, -0.2) is 0 Å². The molecule has 0 radical (unpaired) electrons. The van der Waals surface area contributed by atoms with Crippen LogP contribution in [0.2, 0.25) is 0 Å². The highest BCUT2D eigenvalue weighted by Crippen LogP contribution is 2.29. The fourth-order valence-electron chi connectivity index (χ4n) is 2.30. The van der Waals surface area contributed by atoms with Gasteiger partial charge in [0.15, 0.2) is 0 Å². The molecular weight excluding hydrogens is 308 g/mol. The van der Waals surface area contributed by atoms with Crippen molar-refractivity contribution < 1.29 is 9.53 Å². The van der Waals surface area contributed by atoms with Gasteiger partial charge < -0.3 is 4.74 Å². The Labute approximate surface area is 123 Å². The number of halogens is 1. The van der Waals surface area contributed by atoms with E-state index >= 15 is 0 Å². The number of hydrogen-bond acceptors (Lipinski definition) is 3. The topological polar surface area (TPSA) is 44.1 Å². The molecule has 0 aliphatic heterocycles. The third-order valence-electron chi connectivity index (χ3n) is 3.42. The lowest BCUT2D eigenvalue weighted by Crippen LogP contribution is -2.42. The number of nitrogens with zero attached hydrogens (tertiary/aromatic N) is 2. The number of carbonyl (C=O) groups excluding carboxylic acids is 1. The number of aryl methyl sites for hydroxylation is 1. The van der Waals surface area contributed by atoms with Crippen LogP contribution in [0.15, 0.2) is 10.7 Å². The third kappa shape index (κ3) is 3.26. The van der Waals surface area contributed by atoms with E-state index in [2.05, 4.69) is 28.0 Å². The van der Waals surface area contributed by atoms with Crippen molar-refractivity contribution in [2.45, 2.75) is 59.1 Å². The summed E-state index contributed by atoms with van der Waals surface area (Å²) >= 11 is 3.43. The minimum atomic E-state index is -0.733. The predicted molar refractivity (Wildman–Crippen MR) is 79.5 cm³/mol. The van der Waals surface area contributed by atoms with Crippen LogP contribution in [0.5, 0.6) is 0 Å². The summed E-state index contributed by atoms with van der Waals surface area (Å²) in [6.07, 6.45) is 3.96. The molecule has 5 heteroatoms. The number of Topliss-reactive ketones (excluding diaryl/α,β-unsaturated/α-hetero) is 1. The molecule has 0 saturated carbocycles. The number of aromatic nitrogens is 2. The summed E-state index contributed by atoms with van der Waals surface area (Å²) in [4.78, 5) is 12.9. The molecule has 0 unspecified atom stereocenters. The van der Waals surface area contributed by atoms with Crippen molar-refractivity contribution in [3.05, 3.63) is 16.4 Å². The van der Waals surface area contributed by atoms with E-state index in [1.165, 1.54) is 0 Å². The second-order valence-corrected chi connectivity index (χ2v) is 5.38. The fourth-order valence-corrected chi connectivity index (χ4v) is 2.78. The van der Waals surface area contributed by atoms with Gasteiger partial charge in [-0.1, -0.05) is 20.8 Å². The lowest BCUT2D eigenvalue weighted by Gasteiger charge is -2.30. The molecule has 0 saturated heterocycles. The molecular formula is C14H23BrN2O2. The number of ketones is 1. The molecule has 0 amide bonds. The van der Waals surface area contributed by atoms with Crippen LogP contribution in [-0.2, 0) is 11.3 Å². The van der Waals surface area contributed by atoms with Crippen molar-refractivity contribution in [1.29, 1.82) is 0 Å². The van der Waals surface area contributed by atoms with Crippen LogP contribution in [0.3, 0.4) is 0 Å². The smallest absolute Gasteiger partial charge is 0.213 e. The first-order valence-corrected chi connectivity index (χ1v) is 7.75. The van der Waals surface area contributed by atoms with Crippen molar-refractivity contribution in [3.63, 3.8) is 0 Å². The van der Waals surface area contributed by atoms with Gasteiger partial charge >= 0.3 is 0 Å². The number of ether oxygens (including phenoxy) is 1. The van der Waals surface area contributed by atoms with Crippen molar-refractivity contribution in [3.8, 4) is 0 Å². The van der Waals surface area contributed by atoms with E-state index in [1.807, 2.05) is 20.8 Å². The zero-order valence-electron chi connectivity index (χ0n) is 12.2. The van der Waals surface area contributed by atoms with Crippen LogP contribution >= 0.6 is 15.9 Å². The van der Waals surface area contributed by atoms with E-state index in [0.29, 0.717) is 25.1 Å². The van der Waals surface area contributed by atoms with E-state index in [1.54, 1.807) is 10.9 Å². The minimum absolute atomic E-state index is 0.0252. The number of hydrogen-bond donors (Lipinski definition) is 0. The lowest BCUT2D eigenvalue weighted by molar-refractivity contribution is -0.0257. The Morgan fingerprint density at radius 3 is 2.47 bits per heavy atom. The molecule has 0 atom stereocenters. The summed E-state index contributed by atoms with van der Waals surface area (Å²) in [7, 11) is 0. The molecule has 1 rings (SSSR count). The van der Waals surface area contributed by atoms with Crippen LogP contribution in [0, 0.1) is 0 Å². The summed E-state index contributed by atoms with van der Waals surface area (Å²) in [5.74, 6) is 0.0252. The van der Waals surface area contributed by atoms with Gasteiger partial charge in [-0.15, -0.1) is 0 Å². The van der Waals surface area contributed by atoms with Gasteiger partial charge in [0, 0.05) is 13.2 Å². The van der Waals surface area contributed by atoms with Crippen molar-refractivity contribution in [2.24, 2.45) is 0 Å². The molecule has 0 aliphatic rings. The largest absolute Gasteiger partial charge is 0.367 e. The Morgan fingerprint density at radius 1 is 1.37 bits per heavy atom. The van der Waals surface area contributed by atoms with Crippen molar-refractivity contribution in [1.82, 2.24) is 9.78 Å². The SMILES string of the molecule is CCCn1ncc(Br)c1C(=O)C(CC)(CC)OCC. The molecule has 0 spiro atoms. The second-order valence-electron chi connectivity index (χ2n) is 4.53. The maximum Gasteiger partial charge on any atom is 0.213 e. The zero-order chi connectivity index (χ0) is 14.5. The Kier molecular flexibility index (Phi) is 6.20. The average molecular weight is 331 g/mol. The standard InChI is InChI=1S/C14H23BrN2O2/c1-5-9-17-12(11(15)10-16-17)13(18)14(6-2,7-3)19-8-4/h10H,5-9H2,1-4H3. The molecule has 1 aromatic heterocycles. The van der Waals surface area contributed by atoms with Gasteiger partial charge in [-0.2, -0.15) is 5.10 Å². The van der Waals surface area contributed by atoms with Crippen LogP contribution in [0.1, 0.15) is 57.4 Å². The molecule has 0 aliphatic carbocycles. The van der Waals surface area contributed by atoms with E-state index in [9.17, 15) is 4.79 Å². The van der Waals surface area contributed by atoms with E-state index < -0.39 is 5.60 Å². The Hall–Kier alpha value is -0.680. The highest BCUT2D eigenvalue weighted by molar-refractivity contribution is 9.10. The monoisotopic (exact) mass is 330 g/mol. The lowest BCUT2D eigenvalue weighted by atomic mass is 9.90. The molecule has 0 aromatic carbocycles. The Bertz CT molecular complexity index is 425. The van der Waals surface area contributed by atoms with Gasteiger partial charge in [0.1, 0.15) is 11.3 Å². The summed E-state index contributed by atoms with van der Waals surface area (Å²) in [5.41, 5.74) is -0.109. The highest BCUT2D eigenvalue weighted by Gasteiger charge is 2.39. The quantitative estimate of drug-likeness (QED) is 0.680. The second kappa shape index (κ2) is 7.20. The van der Waals surface area contributed by atoms with E-state index in [0.717, 1.165) is 17.4 Å². The maximum atomic E-state index is 12.9. The fraction of sp³-hybridized carbons (Fsp3) is 0.714. The third-order valence-corrected chi connectivity index (χ3v) is 4.00. The summed E-state index contributed by atoms with van der Waals surface area (Å²) < 4.78 is 8.31. The summed E-state index contributed by atoms with van der Waals surface area (Å²) in [5, 5.41) is 4.26. The first kappa shape index (κ1) is 16.4. The molecule has 0 fully saturated rings. The summed E-state index contributed by atoms with van der Waals surface area (Å²) in [6.45, 7) is 9.25. The molecule has 4 nitrogen and oxygen atoms in total. The van der Waals surface area contributed by atoms with Gasteiger partial charge in [0.2, 0.25) is 5.78 Å². The normalized spacial score (nSPS) is 11.8. The molecule has 19 heavy (non-hydrogen) atoms. The van der Waals surface area contributed by atoms with Crippen LogP contribution in [-0.4, -0.2) is 27.8 Å². The predicted octanol–water partition coefficient (Wildman–Crippen LogP) is 3.83. The van der Waals surface area contributed by atoms with Gasteiger partial charge in [-0.3, -0.25) is 9.48 Å². The van der Waals surface area contributed by atoms with Gasteiger partial charge in [0.05, 0.1) is 10.7 Å². The van der Waals surface area contributed by atoms with Gasteiger partial charge in [0.25, 0.3) is 0 Å². The minimum Gasteiger partial charge on any atom is -0.367 e.